The lowest BCUT2D eigenvalue weighted by atomic mass is 10.1. The van der Waals surface area contributed by atoms with Gasteiger partial charge in [0, 0.05) is 27.4 Å². The summed E-state index contributed by atoms with van der Waals surface area (Å²) in [5.74, 6) is -1.75. The van der Waals surface area contributed by atoms with Crippen molar-refractivity contribution in [2.45, 2.75) is 24.0 Å². The Labute approximate surface area is 236 Å². The first-order chi connectivity index (χ1) is 19.3. The van der Waals surface area contributed by atoms with Gasteiger partial charge in [0.25, 0.3) is 11.8 Å². The van der Waals surface area contributed by atoms with E-state index < -0.39 is 17.6 Å². The Hall–Kier alpha value is -4.69. The molecule has 1 unspecified atom stereocenters. The van der Waals surface area contributed by atoms with Gasteiger partial charge in [-0.15, -0.1) is 11.8 Å². The van der Waals surface area contributed by atoms with Crippen LogP contribution in [0.25, 0.3) is 6.08 Å². The van der Waals surface area contributed by atoms with Crippen molar-refractivity contribution in [3.05, 3.63) is 131 Å². The SMILES string of the molecule is Cc1ccccc1NC(=O)C(C)Sc1ccc(NC(=O)/C(=C/c2ccccc2F)NC(=O)c2ccccc2)cc1. The molecule has 6 nitrogen and oxygen atoms in total. The average molecular weight is 554 g/mol. The number of rotatable bonds is 9. The van der Waals surface area contributed by atoms with E-state index in [-0.39, 0.29) is 22.4 Å². The molecule has 8 heteroatoms. The van der Waals surface area contributed by atoms with Crippen LogP contribution in [0.4, 0.5) is 15.8 Å². The van der Waals surface area contributed by atoms with Gasteiger partial charge in [0.15, 0.2) is 0 Å². The van der Waals surface area contributed by atoms with E-state index in [0.717, 1.165) is 16.1 Å². The fourth-order valence-electron chi connectivity index (χ4n) is 3.71. The molecular weight excluding hydrogens is 525 g/mol. The van der Waals surface area contributed by atoms with Gasteiger partial charge in [-0.2, -0.15) is 0 Å². The molecule has 0 radical (unpaired) electrons. The van der Waals surface area contributed by atoms with Gasteiger partial charge in [0.2, 0.25) is 5.91 Å². The van der Waals surface area contributed by atoms with Crippen molar-refractivity contribution in [1.29, 1.82) is 0 Å². The first-order valence-corrected chi connectivity index (χ1v) is 13.5. The highest BCUT2D eigenvalue weighted by molar-refractivity contribution is 8.00. The van der Waals surface area contributed by atoms with Crippen LogP contribution in [0.2, 0.25) is 0 Å². The lowest BCUT2D eigenvalue weighted by Crippen LogP contribution is -2.30. The zero-order valence-corrected chi connectivity index (χ0v) is 22.8. The second-order valence-electron chi connectivity index (χ2n) is 8.94. The number of thioether (sulfide) groups is 1. The number of amides is 3. The Kier molecular flexibility index (Phi) is 9.48. The van der Waals surface area contributed by atoms with E-state index >= 15 is 0 Å². The quantitative estimate of drug-likeness (QED) is 0.160. The summed E-state index contributed by atoms with van der Waals surface area (Å²) in [6, 6.07) is 29.0. The van der Waals surface area contributed by atoms with E-state index in [4.69, 9.17) is 0 Å². The van der Waals surface area contributed by atoms with E-state index in [2.05, 4.69) is 16.0 Å². The molecule has 0 fully saturated rings. The molecule has 1 atom stereocenters. The standard InChI is InChI=1S/C32H28FN3O3S/c1-21-10-6-9-15-28(21)35-30(37)22(2)40-26-18-16-25(17-19-26)34-32(39)29(20-24-13-7-8-14-27(24)33)36-31(38)23-11-4-3-5-12-23/h3-20,22H,1-2H3,(H,34,39)(H,35,37)(H,36,38)/b29-20-. The Balaban J connectivity index is 1.44. The zero-order valence-electron chi connectivity index (χ0n) is 22.0. The Morgan fingerprint density at radius 2 is 1.45 bits per heavy atom. The van der Waals surface area contributed by atoms with Crippen molar-refractivity contribution >= 4 is 46.9 Å². The topological polar surface area (TPSA) is 87.3 Å². The van der Waals surface area contributed by atoms with E-state index in [1.807, 2.05) is 38.1 Å². The van der Waals surface area contributed by atoms with Crippen molar-refractivity contribution in [1.82, 2.24) is 5.32 Å². The molecule has 3 N–H and O–H groups in total. The summed E-state index contributed by atoms with van der Waals surface area (Å²) in [6.45, 7) is 3.76. The molecule has 40 heavy (non-hydrogen) atoms. The molecule has 3 amide bonds. The molecule has 0 bridgehead atoms. The molecule has 4 aromatic carbocycles. The van der Waals surface area contributed by atoms with Gasteiger partial charge in [0.05, 0.1) is 5.25 Å². The molecule has 0 aromatic heterocycles. The van der Waals surface area contributed by atoms with E-state index in [0.29, 0.717) is 11.3 Å². The second kappa shape index (κ2) is 13.4. The summed E-state index contributed by atoms with van der Waals surface area (Å²) in [6.07, 6.45) is 1.30. The Morgan fingerprint density at radius 3 is 2.15 bits per heavy atom. The normalized spacial score (nSPS) is 11.8. The van der Waals surface area contributed by atoms with Gasteiger partial charge in [-0.1, -0.05) is 54.6 Å². The van der Waals surface area contributed by atoms with Crippen LogP contribution in [0, 0.1) is 12.7 Å². The molecule has 202 valence electrons. The summed E-state index contributed by atoms with van der Waals surface area (Å²) in [5.41, 5.74) is 2.63. The summed E-state index contributed by atoms with van der Waals surface area (Å²) < 4.78 is 14.3. The number of benzene rings is 4. The smallest absolute Gasteiger partial charge is 0.272 e. The first kappa shape index (κ1) is 28.3. The Morgan fingerprint density at radius 1 is 0.800 bits per heavy atom. The van der Waals surface area contributed by atoms with Crippen molar-refractivity contribution in [2.75, 3.05) is 10.6 Å². The predicted molar refractivity (Wildman–Crippen MR) is 158 cm³/mol. The fourth-order valence-corrected chi connectivity index (χ4v) is 4.58. The predicted octanol–water partition coefficient (Wildman–Crippen LogP) is 6.66. The maximum Gasteiger partial charge on any atom is 0.272 e. The van der Waals surface area contributed by atoms with Gasteiger partial charge < -0.3 is 16.0 Å². The lowest BCUT2D eigenvalue weighted by Gasteiger charge is -2.14. The van der Waals surface area contributed by atoms with Crippen molar-refractivity contribution in [3.63, 3.8) is 0 Å². The monoisotopic (exact) mass is 553 g/mol. The fraction of sp³-hybridized carbons (Fsp3) is 0.0938. The number of nitrogens with one attached hydrogen (secondary N) is 3. The van der Waals surface area contributed by atoms with Crippen molar-refractivity contribution in [2.24, 2.45) is 0 Å². The minimum Gasteiger partial charge on any atom is -0.325 e. The third kappa shape index (κ3) is 7.68. The second-order valence-corrected chi connectivity index (χ2v) is 10.4. The van der Waals surface area contributed by atoms with Crippen LogP contribution in [-0.2, 0) is 9.59 Å². The highest BCUT2D eigenvalue weighted by Gasteiger charge is 2.17. The van der Waals surface area contributed by atoms with Crippen LogP contribution in [0.1, 0.15) is 28.4 Å². The highest BCUT2D eigenvalue weighted by Crippen LogP contribution is 2.26. The molecular formula is C32H28FN3O3S. The van der Waals surface area contributed by atoms with E-state index in [1.165, 1.54) is 30.0 Å². The van der Waals surface area contributed by atoms with Crippen LogP contribution < -0.4 is 16.0 Å². The number of aryl methyl sites for hydroxylation is 1. The number of hydrogen-bond acceptors (Lipinski definition) is 4. The molecule has 0 aliphatic heterocycles. The molecule has 4 aromatic rings. The third-order valence-electron chi connectivity index (χ3n) is 5.93. The molecule has 0 heterocycles. The van der Waals surface area contributed by atoms with Gasteiger partial charge in [-0.3, -0.25) is 14.4 Å². The van der Waals surface area contributed by atoms with Crippen LogP contribution in [-0.4, -0.2) is 23.0 Å². The number of hydrogen-bond donors (Lipinski definition) is 3. The Bertz CT molecular complexity index is 1540. The molecule has 4 rings (SSSR count). The van der Waals surface area contributed by atoms with E-state index in [9.17, 15) is 18.8 Å². The summed E-state index contributed by atoms with van der Waals surface area (Å²) >= 11 is 1.39. The maximum absolute atomic E-state index is 14.3. The average Bonchev–Trinajstić information content (AvgIpc) is 2.96. The molecule has 0 aliphatic carbocycles. The van der Waals surface area contributed by atoms with Crippen LogP contribution in [0.15, 0.2) is 114 Å². The van der Waals surface area contributed by atoms with Crippen LogP contribution in [0.5, 0.6) is 0 Å². The zero-order chi connectivity index (χ0) is 28.5. The number of carbonyl (C=O) groups excluding carboxylic acids is 3. The number of para-hydroxylation sites is 1. The van der Waals surface area contributed by atoms with Gasteiger partial charge in [-0.05, 0) is 74.0 Å². The van der Waals surface area contributed by atoms with Crippen LogP contribution in [0.3, 0.4) is 0 Å². The van der Waals surface area contributed by atoms with Gasteiger partial charge >= 0.3 is 0 Å². The highest BCUT2D eigenvalue weighted by atomic mass is 32.2. The summed E-state index contributed by atoms with van der Waals surface area (Å²) in [4.78, 5) is 39.4. The molecule has 0 aliphatic rings. The molecule has 0 saturated carbocycles. The minimum atomic E-state index is -0.612. The molecule has 0 saturated heterocycles. The third-order valence-corrected chi connectivity index (χ3v) is 7.04. The number of anilines is 2. The lowest BCUT2D eigenvalue weighted by molar-refractivity contribution is -0.115. The largest absolute Gasteiger partial charge is 0.325 e. The minimum absolute atomic E-state index is 0.112. The first-order valence-electron chi connectivity index (χ1n) is 12.6. The number of halogens is 1. The maximum atomic E-state index is 14.3. The molecule has 0 spiro atoms. The van der Waals surface area contributed by atoms with Crippen molar-refractivity contribution < 1.29 is 18.8 Å². The van der Waals surface area contributed by atoms with Gasteiger partial charge in [0.1, 0.15) is 11.5 Å². The van der Waals surface area contributed by atoms with Gasteiger partial charge in [-0.25, -0.2) is 4.39 Å². The van der Waals surface area contributed by atoms with E-state index in [1.54, 1.807) is 66.7 Å². The van der Waals surface area contributed by atoms with Crippen LogP contribution >= 0.6 is 11.8 Å². The van der Waals surface area contributed by atoms with Crippen molar-refractivity contribution in [3.8, 4) is 0 Å². The summed E-state index contributed by atoms with van der Waals surface area (Å²) in [5, 5.41) is 7.93. The summed E-state index contributed by atoms with van der Waals surface area (Å²) in [7, 11) is 0. The number of carbonyl (C=O) groups is 3.